The summed E-state index contributed by atoms with van der Waals surface area (Å²) < 4.78 is 7.44. The van der Waals surface area contributed by atoms with Crippen LogP contribution in [0.15, 0.2) is 36.4 Å². The Hall–Kier alpha value is -3.63. The Morgan fingerprint density at radius 3 is 2.61 bits per heavy atom. The van der Waals surface area contributed by atoms with Crippen molar-refractivity contribution < 1.29 is 19.1 Å². The molecule has 1 saturated carbocycles. The fraction of sp³-hybridized carbons (Fsp3) is 0.346. The fourth-order valence-corrected chi connectivity index (χ4v) is 4.85. The molecule has 1 atom stereocenters. The van der Waals surface area contributed by atoms with Gasteiger partial charge in [-0.05, 0) is 49.1 Å². The van der Waals surface area contributed by atoms with E-state index in [0.29, 0.717) is 45.9 Å². The number of benzene rings is 2. The molecule has 198 valence electrons. The Labute approximate surface area is 229 Å². The Morgan fingerprint density at radius 2 is 1.92 bits per heavy atom. The van der Waals surface area contributed by atoms with Gasteiger partial charge in [0.2, 0.25) is 17.6 Å². The number of hydrogen-bond donors (Lipinski definition) is 2. The van der Waals surface area contributed by atoms with Gasteiger partial charge >= 0.3 is 0 Å². The van der Waals surface area contributed by atoms with Gasteiger partial charge in [0, 0.05) is 35.1 Å². The Balaban J connectivity index is 1.41. The highest BCUT2D eigenvalue weighted by atomic mass is 35.5. The van der Waals surface area contributed by atoms with Crippen LogP contribution >= 0.6 is 23.2 Å². The van der Waals surface area contributed by atoms with Crippen LogP contribution in [0, 0.1) is 0 Å². The van der Waals surface area contributed by atoms with Gasteiger partial charge in [-0.2, -0.15) is 0 Å². The molecule has 38 heavy (non-hydrogen) atoms. The molecule has 10 nitrogen and oxygen atoms in total. The summed E-state index contributed by atoms with van der Waals surface area (Å²) in [6.07, 6.45) is 2.97. The number of primary amides is 1. The second-order valence-corrected chi connectivity index (χ2v) is 10.2. The van der Waals surface area contributed by atoms with Gasteiger partial charge in [-0.3, -0.25) is 14.4 Å². The molecule has 3 amide bonds. The van der Waals surface area contributed by atoms with Crippen LogP contribution in [-0.2, 0) is 22.6 Å². The van der Waals surface area contributed by atoms with Crippen LogP contribution in [0.5, 0.6) is 5.75 Å². The summed E-state index contributed by atoms with van der Waals surface area (Å²) in [5.41, 5.74) is 7.50. The first kappa shape index (κ1) is 26.0. The SMILES string of the molecule is CN1C(=O)C(c2nc(C(N)=O)nn2Cc2c(Cl)cccc2Cl)COc2ccc(CCC(=O)NC3CC3)cc21. The van der Waals surface area contributed by atoms with Crippen molar-refractivity contribution in [3.8, 4) is 5.75 Å². The zero-order chi connectivity index (χ0) is 27.0. The Kier molecular flexibility index (Phi) is 7.27. The van der Waals surface area contributed by atoms with Crippen molar-refractivity contribution in [3.63, 3.8) is 0 Å². The lowest BCUT2D eigenvalue weighted by atomic mass is 10.1. The molecule has 1 fully saturated rings. The zero-order valence-corrected chi connectivity index (χ0v) is 22.1. The van der Waals surface area contributed by atoms with Gasteiger partial charge in [0.05, 0.1) is 12.2 Å². The second-order valence-electron chi connectivity index (χ2n) is 9.42. The number of nitrogens with one attached hydrogen (secondary N) is 1. The summed E-state index contributed by atoms with van der Waals surface area (Å²) >= 11 is 12.7. The normalized spacial score (nSPS) is 17.0. The van der Waals surface area contributed by atoms with Crippen molar-refractivity contribution in [2.45, 2.75) is 44.2 Å². The van der Waals surface area contributed by atoms with E-state index in [-0.39, 0.29) is 36.6 Å². The summed E-state index contributed by atoms with van der Waals surface area (Å²) in [6, 6.07) is 10.9. The quantitative estimate of drug-likeness (QED) is 0.438. The Bertz CT molecular complexity index is 1400. The predicted octanol–water partition coefficient (Wildman–Crippen LogP) is 3.08. The molecule has 2 aromatic carbocycles. The first-order valence-electron chi connectivity index (χ1n) is 12.2. The number of nitrogens with zero attached hydrogens (tertiary/aromatic N) is 4. The minimum atomic E-state index is -0.887. The molecule has 12 heteroatoms. The van der Waals surface area contributed by atoms with Crippen LogP contribution < -0.4 is 20.7 Å². The van der Waals surface area contributed by atoms with E-state index in [1.807, 2.05) is 12.1 Å². The minimum Gasteiger partial charge on any atom is -0.490 e. The van der Waals surface area contributed by atoms with Crippen molar-refractivity contribution in [1.82, 2.24) is 20.1 Å². The molecule has 3 aromatic rings. The molecule has 0 radical (unpaired) electrons. The molecular weight excluding hydrogens is 531 g/mol. The van der Waals surface area contributed by atoms with Crippen LogP contribution in [-0.4, -0.2) is 52.2 Å². The number of carbonyl (C=O) groups excluding carboxylic acids is 3. The molecule has 1 unspecified atom stereocenters. The Morgan fingerprint density at radius 1 is 1.18 bits per heavy atom. The highest BCUT2D eigenvalue weighted by molar-refractivity contribution is 6.36. The van der Waals surface area contributed by atoms with Gasteiger partial charge in [-0.15, -0.1) is 5.10 Å². The van der Waals surface area contributed by atoms with Crippen molar-refractivity contribution >= 4 is 46.6 Å². The number of amides is 3. The van der Waals surface area contributed by atoms with Crippen LogP contribution in [0.4, 0.5) is 5.69 Å². The van der Waals surface area contributed by atoms with Gasteiger partial charge in [0.15, 0.2) is 0 Å². The number of aromatic nitrogens is 3. The van der Waals surface area contributed by atoms with Gasteiger partial charge in [-0.25, -0.2) is 9.67 Å². The van der Waals surface area contributed by atoms with Gasteiger partial charge in [0.1, 0.15) is 24.1 Å². The van der Waals surface area contributed by atoms with E-state index in [9.17, 15) is 14.4 Å². The highest BCUT2D eigenvalue weighted by Gasteiger charge is 2.35. The molecule has 1 aliphatic carbocycles. The van der Waals surface area contributed by atoms with E-state index in [1.165, 1.54) is 9.58 Å². The number of rotatable bonds is 8. The van der Waals surface area contributed by atoms with Crippen LogP contribution in [0.1, 0.15) is 52.8 Å². The third-order valence-corrected chi connectivity index (χ3v) is 7.31. The van der Waals surface area contributed by atoms with E-state index in [1.54, 1.807) is 31.3 Å². The van der Waals surface area contributed by atoms with Gasteiger partial charge < -0.3 is 20.7 Å². The lowest BCUT2D eigenvalue weighted by Crippen LogP contribution is -2.34. The molecule has 3 N–H and O–H groups in total. The van der Waals surface area contributed by atoms with E-state index < -0.39 is 11.8 Å². The predicted molar refractivity (Wildman–Crippen MR) is 142 cm³/mol. The number of nitrogens with two attached hydrogens (primary N) is 1. The third kappa shape index (κ3) is 5.46. The first-order chi connectivity index (χ1) is 18.2. The summed E-state index contributed by atoms with van der Waals surface area (Å²) in [4.78, 5) is 43.5. The smallest absolute Gasteiger partial charge is 0.288 e. The number of likely N-dealkylation sites (N-methyl/N-ethyl adjacent to an activating group) is 1. The van der Waals surface area contributed by atoms with Crippen molar-refractivity contribution in [2.75, 3.05) is 18.6 Å². The maximum Gasteiger partial charge on any atom is 0.288 e. The van der Waals surface area contributed by atoms with Crippen molar-refractivity contribution in [3.05, 3.63) is 69.2 Å². The number of anilines is 1. The largest absolute Gasteiger partial charge is 0.490 e. The van der Waals surface area contributed by atoms with E-state index in [0.717, 1.165) is 18.4 Å². The maximum absolute atomic E-state index is 13.7. The molecule has 1 aromatic heterocycles. The lowest BCUT2D eigenvalue weighted by molar-refractivity contribution is -0.121. The molecule has 0 saturated heterocycles. The number of halogens is 2. The third-order valence-electron chi connectivity index (χ3n) is 6.60. The standard InChI is InChI=1S/C26H26Cl2N6O4/c1-33-20-11-14(6-10-22(35)30-15-7-8-15)5-9-21(20)38-13-17(26(33)37)25-31-24(23(29)36)32-34(25)12-16-18(27)3-2-4-19(16)28/h2-5,9,11,15,17H,6-8,10,12-13H2,1H3,(H2,29,36)(H,30,35). The average molecular weight is 557 g/mol. The number of fused-ring (bicyclic) bond motifs is 1. The molecule has 2 heterocycles. The molecule has 0 spiro atoms. The van der Waals surface area contributed by atoms with Crippen molar-refractivity contribution in [2.24, 2.45) is 5.73 Å². The molecule has 0 bridgehead atoms. The van der Waals surface area contributed by atoms with Crippen LogP contribution in [0.2, 0.25) is 10.0 Å². The van der Waals surface area contributed by atoms with E-state index in [4.69, 9.17) is 33.7 Å². The minimum absolute atomic E-state index is 0.0198. The van der Waals surface area contributed by atoms with E-state index >= 15 is 0 Å². The lowest BCUT2D eigenvalue weighted by Gasteiger charge is -2.20. The van der Waals surface area contributed by atoms with Gasteiger partial charge in [-0.1, -0.05) is 35.3 Å². The monoisotopic (exact) mass is 556 g/mol. The summed E-state index contributed by atoms with van der Waals surface area (Å²) in [7, 11) is 1.65. The average Bonchev–Trinajstić information content (AvgIpc) is 3.62. The second kappa shape index (κ2) is 10.6. The fourth-order valence-electron chi connectivity index (χ4n) is 4.34. The highest BCUT2D eigenvalue weighted by Crippen LogP contribution is 2.36. The first-order valence-corrected chi connectivity index (χ1v) is 13.0. The van der Waals surface area contributed by atoms with Crippen molar-refractivity contribution in [1.29, 1.82) is 0 Å². The number of hydrogen-bond acceptors (Lipinski definition) is 6. The van der Waals surface area contributed by atoms with Crippen LogP contribution in [0.25, 0.3) is 0 Å². The summed E-state index contributed by atoms with van der Waals surface area (Å²) in [5.74, 6) is -1.51. The molecular formula is C26H26Cl2N6O4. The topological polar surface area (TPSA) is 132 Å². The molecule has 1 aliphatic heterocycles. The van der Waals surface area contributed by atoms with Crippen LogP contribution in [0.3, 0.4) is 0 Å². The summed E-state index contributed by atoms with van der Waals surface area (Å²) in [5, 5.41) is 8.03. The number of aryl methyl sites for hydroxylation is 1. The zero-order valence-electron chi connectivity index (χ0n) is 20.6. The maximum atomic E-state index is 13.7. The van der Waals surface area contributed by atoms with Gasteiger partial charge in [0.25, 0.3) is 5.91 Å². The number of carbonyl (C=O) groups is 3. The molecule has 5 rings (SSSR count). The summed E-state index contributed by atoms with van der Waals surface area (Å²) in [6.45, 7) is 0.0358. The van der Waals surface area contributed by atoms with E-state index in [2.05, 4.69) is 15.4 Å². The number of ether oxygens (including phenoxy) is 1. The molecule has 2 aliphatic rings.